The molecule has 4 heteroatoms. The summed E-state index contributed by atoms with van der Waals surface area (Å²) in [6.07, 6.45) is 1.15. The van der Waals surface area contributed by atoms with Gasteiger partial charge in [-0.3, -0.25) is 4.90 Å². The van der Waals surface area contributed by atoms with E-state index in [0.29, 0.717) is 22.5 Å². The summed E-state index contributed by atoms with van der Waals surface area (Å²) in [5.41, 5.74) is 1.17. The highest BCUT2D eigenvalue weighted by Crippen LogP contribution is 2.22. The highest BCUT2D eigenvalue weighted by molar-refractivity contribution is 9.10. The SMILES string of the molecule is CCC1CN(Cc2ccc(F)c(Br)c2)C(C(C)C)CN1. The third-order valence-corrected chi connectivity index (χ3v) is 4.78. The van der Waals surface area contributed by atoms with E-state index in [9.17, 15) is 4.39 Å². The Bertz CT molecular complexity index is 450. The summed E-state index contributed by atoms with van der Waals surface area (Å²) in [5.74, 6) is 0.421. The fourth-order valence-corrected chi connectivity index (χ4v) is 3.31. The fraction of sp³-hybridized carbons (Fsp3) is 0.625. The van der Waals surface area contributed by atoms with E-state index in [1.54, 1.807) is 6.07 Å². The average Bonchev–Trinajstić information content (AvgIpc) is 2.42. The van der Waals surface area contributed by atoms with Gasteiger partial charge in [0.25, 0.3) is 0 Å². The quantitative estimate of drug-likeness (QED) is 0.895. The van der Waals surface area contributed by atoms with Crippen LogP contribution in [0.5, 0.6) is 0 Å². The predicted octanol–water partition coefficient (Wildman–Crippen LogP) is 3.80. The molecule has 1 fully saturated rings. The van der Waals surface area contributed by atoms with Crippen molar-refractivity contribution in [3.63, 3.8) is 0 Å². The molecule has 2 unspecified atom stereocenters. The second-order valence-electron chi connectivity index (χ2n) is 6.00. The van der Waals surface area contributed by atoms with Gasteiger partial charge < -0.3 is 5.32 Å². The van der Waals surface area contributed by atoms with Gasteiger partial charge in [-0.2, -0.15) is 0 Å². The molecule has 112 valence electrons. The van der Waals surface area contributed by atoms with Crippen LogP contribution >= 0.6 is 15.9 Å². The minimum atomic E-state index is -0.194. The molecule has 2 nitrogen and oxygen atoms in total. The summed E-state index contributed by atoms with van der Waals surface area (Å²) < 4.78 is 13.9. The van der Waals surface area contributed by atoms with Gasteiger partial charge in [-0.1, -0.05) is 26.8 Å². The molecule has 2 rings (SSSR count). The van der Waals surface area contributed by atoms with Crippen LogP contribution < -0.4 is 5.32 Å². The van der Waals surface area contributed by atoms with Crippen molar-refractivity contribution in [2.75, 3.05) is 13.1 Å². The Hall–Kier alpha value is -0.450. The van der Waals surface area contributed by atoms with E-state index in [4.69, 9.17) is 0 Å². The standard InChI is InChI=1S/C16H24BrFN2/c1-4-13-10-20(16(8-19-13)11(2)3)9-12-5-6-15(18)14(17)7-12/h5-7,11,13,16,19H,4,8-10H2,1-3H3. The Labute approximate surface area is 129 Å². The molecule has 1 heterocycles. The Morgan fingerprint density at radius 2 is 2.20 bits per heavy atom. The van der Waals surface area contributed by atoms with Gasteiger partial charge in [0, 0.05) is 31.7 Å². The Morgan fingerprint density at radius 1 is 1.45 bits per heavy atom. The van der Waals surface area contributed by atoms with Crippen molar-refractivity contribution >= 4 is 15.9 Å². The van der Waals surface area contributed by atoms with Crippen LogP contribution in [0.2, 0.25) is 0 Å². The highest BCUT2D eigenvalue weighted by Gasteiger charge is 2.29. The molecule has 0 aromatic heterocycles. The molecule has 1 aliphatic heterocycles. The van der Waals surface area contributed by atoms with Crippen molar-refractivity contribution in [2.24, 2.45) is 5.92 Å². The van der Waals surface area contributed by atoms with Crippen LogP contribution in [-0.2, 0) is 6.54 Å². The van der Waals surface area contributed by atoms with E-state index in [2.05, 4.69) is 46.9 Å². The molecule has 1 aromatic rings. The van der Waals surface area contributed by atoms with E-state index >= 15 is 0 Å². The highest BCUT2D eigenvalue weighted by atomic mass is 79.9. The number of piperazine rings is 1. The molecule has 0 amide bonds. The van der Waals surface area contributed by atoms with Crippen molar-refractivity contribution in [1.82, 2.24) is 10.2 Å². The third-order valence-electron chi connectivity index (χ3n) is 4.17. The lowest BCUT2D eigenvalue weighted by atomic mass is 9.97. The topological polar surface area (TPSA) is 15.3 Å². The summed E-state index contributed by atoms with van der Waals surface area (Å²) in [6.45, 7) is 9.76. The Morgan fingerprint density at radius 3 is 2.80 bits per heavy atom. The fourth-order valence-electron chi connectivity index (χ4n) is 2.88. The minimum Gasteiger partial charge on any atom is -0.311 e. The first kappa shape index (κ1) is 15.9. The van der Waals surface area contributed by atoms with Crippen LogP contribution in [0.15, 0.2) is 22.7 Å². The first-order chi connectivity index (χ1) is 9.51. The first-order valence-electron chi connectivity index (χ1n) is 7.42. The van der Waals surface area contributed by atoms with Crippen molar-refractivity contribution in [1.29, 1.82) is 0 Å². The Balaban J connectivity index is 2.11. The summed E-state index contributed by atoms with van der Waals surface area (Å²) in [5, 5.41) is 3.63. The summed E-state index contributed by atoms with van der Waals surface area (Å²) in [7, 11) is 0. The van der Waals surface area contributed by atoms with E-state index < -0.39 is 0 Å². The molecular weight excluding hydrogens is 319 g/mol. The monoisotopic (exact) mass is 342 g/mol. The summed E-state index contributed by atoms with van der Waals surface area (Å²) in [6, 6.07) is 6.44. The zero-order valence-electron chi connectivity index (χ0n) is 12.5. The number of hydrogen-bond donors (Lipinski definition) is 1. The molecule has 1 aromatic carbocycles. The third kappa shape index (κ3) is 3.80. The van der Waals surface area contributed by atoms with Gasteiger partial charge in [0.2, 0.25) is 0 Å². The van der Waals surface area contributed by atoms with Crippen LogP contribution in [0.3, 0.4) is 0 Å². The number of hydrogen-bond acceptors (Lipinski definition) is 2. The van der Waals surface area contributed by atoms with Crippen LogP contribution in [0.4, 0.5) is 4.39 Å². The van der Waals surface area contributed by atoms with Crippen LogP contribution in [0, 0.1) is 11.7 Å². The summed E-state index contributed by atoms with van der Waals surface area (Å²) in [4.78, 5) is 2.54. The number of nitrogens with one attached hydrogen (secondary N) is 1. The van der Waals surface area contributed by atoms with Crippen molar-refractivity contribution in [3.8, 4) is 0 Å². The number of nitrogens with zero attached hydrogens (tertiary/aromatic N) is 1. The molecule has 0 aliphatic carbocycles. The predicted molar refractivity (Wildman–Crippen MR) is 85.2 cm³/mol. The molecule has 1 aliphatic rings. The van der Waals surface area contributed by atoms with Crippen molar-refractivity contribution in [3.05, 3.63) is 34.1 Å². The second-order valence-corrected chi connectivity index (χ2v) is 6.86. The van der Waals surface area contributed by atoms with Crippen LogP contribution in [0.1, 0.15) is 32.8 Å². The molecule has 1 N–H and O–H groups in total. The number of halogens is 2. The molecule has 0 bridgehead atoms. The maximum absolute atomic E-state index is 13.3. The lowest BCUT2D eigenvalue weighted by Crippen LogP contribution is -2.57. The second kappa shape index (κ2) is 7.01. The smallest absolute Gasteiger partial charge is 0.137 e. The van der Waals surface area contributed by atoms with Gasteiger partial charge in [-0.25, -0.2) is 4.39 Å². The van der Waals surface area contributed by atoms with Crippen LogP contribution in [-0.4, -0.2) is 30.1 Å². The Kier molecular flexibility index (Phi) is 5.58. The van der Waals surface area contributed by atoms with E-state index in [0.717, 1.165) is 26.1 Å². The minimum absolute atomic E-state index is 0.194. The number of rotatable bonds is 4. The molecule has 0 spiro atoms. The normalized spacial score (nSPS) is 24.3. The average molecular weight is 343 g/mol. The zero-order valence-corrected chi connectivity index (χ0v) is 14.1. The van der Waals surface area contributed by atoms with Gasteiger partial charge in [0.05, 0.1) is 4.47 Å². The van der Waals surface area contributed by atoms with Gasteiger partial charge in [-0.15, -0.1) is 0 Å². The molecule has 20 heavy (non-hydrogen) atoms. The van der Waals surface area contributed by atoms with E-state index in [1.807, 2.05) is 12.1 Å². The van der Waals surface area contributed by atoms with E-state index in [-0.39, 0.29) is 5.82 Å². The largest absolute Gasteiger partial charge is 0.311 e. The van der Waals surface area contributed by atoms with Crippen LogP contribution in [0.25, 0.3) is 0 Å². The summed E-state index contributed by atoms with van der Waals surface area (Å²) >= 11 is 3.27. The lowest BCUT2D eigenvalue weighted by molar-refractivity contribution is 0.0900. The molecule has 0 radical (unpaired) electrons. The van der Waals surface area contributed by atoms with Gasteiger partial charge in [0.15, 0.2) is 0 Å². The maximum atomic E-state index is 13.3. The molecular formula is C16H24BrFN2. The maximum Gasteiger partial charge on any atom is 0.137 e. The van der Waals surface area contributed by atoms with Gasteiger partial charge >= 0.3 is 0 Å². The molecule has 2 atom stereocenters. The lowest BCUT2D eigenvalue weighted by Gasteiger charge is -2.42. The molecule has 1 saturated heterocycles. The van der Waals surface area contributed by atoms with Crippen molar-refractivity contribution < 1.29 is 4.39 Å². The number of benzene rings is 1. The van der Waals surface area contributed by atoms with E-state index in [1.165, 1.54) is 5.56 Å². The zero-order chi connectivity index (χ0) is 14.7. The first-order valence-corrected chi connectivity index (χ1v) is 8.22. The molecule has 0 saturated carbocycles. The van der Waals surface area contributed by atoms with Gasteiger partial charge in [-0.05, 0) is 46.0 Å². The van der Waals surface area contributed by atoms with Crippen molar-refractivity contribution in [2.45, 2.75) is 45.8 Å². The van der Waals surface area contributed by atoms with Gasteiger partial charge in [0.1, 0.15) is 5.82 Å².